The molecule has 0 bridgehead atoms. The molecule has 1 aromatic heterocycles. The number of anilines is 1. The van der Waals surface area contributed by atoms with Crippen LogP contribution in [-0.2, 0) is 6.18 Å². The number of nitrogens with zero attached hydrogens (tertiary/aromatic N) is 1. The molecule has 2 rings (SSSR count). The van der Waals surface area contributed by atoms with E-state index in [1.807, 2.05) is 6.92 Å². The lowest BCUT2D eigenvalue weighted by Gasteiger charge is -2.09. The molecule has 1 amide bonds. The van der Waals surface area contributed by atoms with Gasteiger partial charge in [-0.1, -0.05) is 6.92 Å². The molecule has 0 aliphatic rings. The van der Waals surface area contributed by atoms with E-state index in [4.69, 9.17) is 0 Å². The summed E-state index contributed by atoms with van der Waals surface area (Å²) >= 11 is 1.50. The number of nitrogens with one attached hydrogen (secondary N) is 1. The first-order valence-electron chi connectivity index (χ1n) is 6.47. The molecule has 22 heavy (non-hydrogen) atoms. The van der Waals surface area contributed by atoms with Gasteiger partial charge < -0.3 is 5.32 Å². The summed E-state index contributed by atoms with van der Waals surface area (Å²) in [5.74, 6) is 0.442. The molecule has 0 fully saturated rings. The van der Waals surface area contributed by atoms with Gasteiger partial charge >= 0.3 is 6.18 Å². The lowest BCUT2D eigenvalue weighted by Crippen LogP contribution is -2.12. The van der Waals surface area contributed by atoms with Crippen molar-refractivity contribution in [2.75, 3.05) is 11.1 Å². The zero-order valence-corrected chi connectivity index (χ0v) is 12.5. The van der Waals surface area contributed by atoms with Crippen molar-refractivity contribution < 1.29 is 18.0 Å². The normalized spacial score (nSPS) is 11.3. The van der Waals surface area contributed by atoms with Gasteiger partial charge in [-0.05, 0) is 42.2 Å². The number of alkyl halides is 3. The molecule has 0 saturated heterocycles. The van der Waals surface area contributed by atoms with Crippen LogP contribution in [0.3, 0.4) is 0 Å². The van der Waals surface area contributed by atoms with E-state index in [1.165, 1.54) is 30.1 Å². The number of amides is 1. The molecule has 116 valence electrons. The van der Waals surface area contributed by atoms with Crippen LogP contribution in [0.25, 0.3) is 0 Å². The van der Waals surface area contributed by atoms with E-state index in [2.05, 4.69) is 10.3 Å². The standard InChI is InChI=1S/C15H13F3N2OS/c1-2-22-13-9-10(7-8-19-13)14(21)20-12-5-3-11(4-6-12)15(16,17)18/h3-9H,2H2,1H3,(H,20,21). The first-order chi connectivity index (χ1) is 10.4. The fourth-order valence-electron chi connectivity index (χ4n) is 1.72. The minimum Gasteiger partial charge on any atom is -0.322 e. The molecule has 0 unspecified atom stereocenters. The number of rotatable bonds is 4. The SMILES string of the molecule is CCSc1cc(C(=O)Nc2ccc(C(F)(F)F)cc2)ccn1. The predicted octanol–water partition coefficient (Wildman–Crippen LogP) is 4.46. The van der Waals surface area contributed by atoms with E-state index in [9.17, 15) is 18.0 Å². The van der Waals surface area contributed by atoms with Crippen LogP contribution >= 0.6 is 11.8 Å². The number of carbonyl (C=O) groups is 1. The third-order valence-corrected chi connectivity index (χ3v) is 3.57. The number of carbonyl (C=O) groups excluding carboxylic acids is 1. The van der Waals surface area contributed by atoms with E-state index in [-0.39, 0.29) is 5.91 Å². The zero-order valence-electron chi connectivity index (χ0n) is 11.6. The summed E-state index contributed by atoms with van der Waals surface area (Å²) in [5.41, 5.74) is -0.0404. The molecule has 0 atom stereocenters. The summed E-state index contributed by atoms with van der Waals surface area (Å²) in [6.07, 6.45) is -2.86. The van der Waals surface area contributed by atoms with Gasteiger partial charge in [0, 0.05) is 17.4 Å². The Morgan fingerprint density at radius 1 is 1.23 bits per heavy atom. The fraction of sp³-hybridized carbons (Fsp3) is 0.200. The quantitative estimate of drug-likeness (QED) is 0.843. The maximum atomic E-state index is 12.5. The zero-order chi connectivity index (χ0) is 16.2. The first-order valence-corrected chi connectivity index (χ1v) is 7.46. The summed E-state index contributed by atoms with van der Waals surface area (Å²) < 4.78 is 37.4. The van der Waals surface area contributed by atoms with Gasteiger partial charge in [0.05, 0.1) is 10.6 Å². The highest BCUT2D eigenvalue weighted by Crippen LogP contribution is 2.29. The second-order valence-electron chi connectivity index (χ2n) is 4.35. The molecular weight excluding hydrogens is 313 g/mol. The summed E-state index contributed by atoms with van der Waals surface area (Å²) in [7, 11) is 0. The van der Waals surface area contributed by atoms with Crippen LogP contribution in [0.15, 0.2) is 47.6 Å². The van der Waals surface area contributed by atoms with E-state index in [1.54, 1.807) is 12.1 Å². The number of halogens is 3. The molecule has 1 aromatic carbocycles. The Bertz CT molecular complexity index is 657. The molecule has 7 heteroatoms. The van der Waals surface area contributed by atoms with Gasteiger partial charge in [-0.3, -0.25) is 4.79 Å². The Hall–Kier alpha value is -2.02. The fourth-order valence-corrected chi connectivity index (χ4v) is 2.36. The molecule has 3 nitrogen and oxygen atoms in total. The highest BCUT2D eigenvalue weighted by Gasteiger charge is 2.29. The van der Waals surface area contributed by atoms with Crippen molar-refractivity contribution in [3.8, 4) is 0 Å². The van der Waals surface area contributed by atoms with E-state index in [0.717, 1.165) is 22.9 Å². The van der Waals surface area contributed by atoms with Crippen LogP contribution < -0.4 is 5.32 Å². The van der Waals surface area contributed by atoms with Crippen LogP contribution in [0, 0.1) is 0 Å². The molecule has 2 aromatic rings. The largest absolute Gasteiger partial charge is 0.416 e. The Kier molecular flexibility index (Phi) is 5.07. The summed E-state index contributed by atoms with van der Waals surface area (Å²) in [4.78, 5) is 16.2. The van der Waals surface area contributed by atoms with Gasteiger partial charge in [-0.15, -0.1) is 11.8 Å². The first kappa shape index (κ1) is 16.4. The van der Waals surface area contributed by atoms with Crippen molar-refractivity contribution in [3.05, 3.63) is 53.7 Å². The molecule has 0 saturated carbocycles. The van der Waals surface area contributed by atoms with Gasteiger partial charge in [0.25, 0.3) is 5.91 Å². The van der Waals surface area contributed by atoms with Crippen molar-refractivity contribution in [1.29, 1.82) is 0 Å². The predicted molar refractivity (Wildman–Crippen MR) is 80.0 cm³/mol. The number of thioether (sulfide) groups is 1. The van der Waals surface area contributed by atoms with Crippen LogP contribution in [0.2, 0.25) is 0 Å². The molecule has 0 spiro atoms. The Balaban J connectivity index is 2.10. The molecule has 1 N–H and O–H groups in total. The van der Waals surface area contributed by atoms with Crippen molar-refractivity contribution >= 4 is 23.4 Å². The molecule has 0 aliphatic heterocycles. The van der Waals surface area contributed by atoms with E-state index in [0.29, 0.717) is 11.3 Å². The summed E-state index contributed by atoms with van der Waals surface area (Å²) in [6.45, 7) is 1.97. The minimum atomic E-state index is -4.39. The van der Waals surface area contributed by atoms with Gasteiger partial charge in [-0.25, -0.2) is 4.98 Å². The van der Waals surface area contributed by atoms with Crippen molar-refractivity contribution in [2.24, 2.45) is 0 Å². The Morgan fingerprint density at radius 2 is 1.91 bits per heavy atom. The number of hydrogen-bond acceptors (Lipinski definition) is 3. The number of benzene rings is 1. The molecule has 0 radical (unpaired) electrons. The second-order valence-corrected chi connectivity index (χ2v) is 5.63. The van der Waals surface area contributed by atoms with Gasteiger partial charge in [-0.2, -0.15) is 13.2 Å². The second kappa shape index (κ2) is 6.83. The number of aromatic nitrogens is 1. The molecular formula is C15H13F3N2OS. The Morgan fingerprint density at radius 3 is 2.50 bits per heavy atom. The monoisotopic (exact) mass is 326 g/mol. The average Bonchev–Trinajstić information content (AvgIpc) is 2.47. The van der Waals surface area contributed by atoms with Crippen LogP contribution in [0.1, 0.15) is 22.8 Å². The number of hydrogen-bond donors (Lipinski definition) is 1. The smallest absolute Gasteiger partial charge is 0.322 e. The van der Waals surface area contributed by atoms with Crippen LogP contribution in [-0.4, -0.2) is 16.6 Å². The highest BCUT2D eigenvalue weighted by atomic mass is 32.2. The van der Waals surface area contributed by atoms with Crippen molar-refractivity contribution in [1.82, 2.24) is 4.98 Å². The maximum Gasteiger partial charge on any atom is 0.416 e. The average molecular weight is 326 g/mol. The van der Waals surface area contributed by atoms with Crippen LogP contribution in [0.5, 0.6) is 0 Å². The third-order valence-electron chi connectivity index (χ3n) is 2.76. The Labute approximate surface area is 129 Å². The van der Waals surface area contributed by atoms with Gasteiger partial charge in [0.1, 0.15) is 0 Å². The van der Waals surface area contributed by atoms with Gasteiger partial charge in [0.15, 0.2) is 0 Å². The van der Waals surface area contributed by atoms with E-state index < -0.39 is 11.7 Å². The van der Waals surface area contributed by atoms with Crippen molar-refractivity contribution in [2.45, 2.75) is 18.1 Å². The molecule has 1 heterocycles. The molecule has 0 aliphatic carbocycles. The van der Waals surface area contributed by atoms with E-state index >= 15 is 0 Å². The lowest BCUT2D eigenvalue weighted by molar-refractivity contribution is -0.137. The summed E-state index contributed by atoms with van der Waals surface area (Å²) in [5, 5.41) is 3.29. The van der Waals surface area contributed by atoms with Crippen LogP contribution in [0.4, 0.5) is 18.9 Å². The maximum absolute atomic E-state index is 12.5. The summed E-state index contributed by atoms with van der Waals surface area (Å²) in [6, 6.07) is 7.51. The number of pyridine rings is 1. The van der Waals surface area contributed by atoms with Crippen molar-refractivity contribution in [3.63, 3.8) is 0 Å². The van der Waals surface area contributed by atoms with Gasteiger partial charge in [0.2, 0.25) is 0 Å². The third kappa shape index (κ3) is 4.24. The highest BCUT2D eigenvalue weighted by molar-refractivity contribution is 7.99. The minimum absolute atomic E-state index is 0.305. The lowest BCUT2D eigenvalue weighted by atomic mass is 10.2. The topological polar surface area (TPSA) is 42.0 Å².